The van der Waals surface area contributed by atoms with Crippen molar-refractivity contribution in [2.24, 2.45) is 0 Å². The van der Waals surface area contributed by atoms with E-state index in [1.165, 1.54) is 18.4 Å². The average molecular weight is 187 g/mol. The fraction of sp³-hybridized carbons (Fsp3) is 0.444. The first-order valence-corrected chi connectivity index (χ1v) is 4.11. The summed E-state index contributed by atoms with van der Waals surface area (Å²) in [7, 11) is 0. The maximum absolute atomic E-state index is 3.96. The summed E-state index contributed by atoms with van der Waals surface area (Å²) in [5.41, 5.74) is 5.19. The molecule has 0 aliphatic heterocycles. The Morgan fingerprint density at radius 3 is 2.42 bits per heavy atom. The van der Waals surface area contributed by atoms with E-state index in [2.05, 4.69) is 22.9 Å². The molecule has 0 saturated carbocycles. The van der Waals surface area contributed by atoms with E-state index in [9.17, 15) is 0 Å². The van der Waals surface area contributed by atoms with Gasteiger partial charge < -0.3 is 18.1 Å². The predicted molar refractivity (Wildman–Crippen MR) is 44.9 cm³/mol. The van der Waals surface area contributed by atoms with Crippen molar-refractivity contribution in [3.63, 3.8) is 0 Å². The van der Waals surface area contributed by atoms with Crippen molar-refractivity contribution >= 4 is 0 Å². The van der Waals surface area contributed by atoms with Crippen molar-refractivity contribution in [2.45, 2.75) is 19.3 Å². The molecule has 1 aromatic heterocycles. The molecule has 0 aliphatic rings. The molecule has 0 radical (unpaired) electrons. The molecule has 0 amide bonds. The van der Waals surface area contributed by atoms with Crippen LogP contribution in [0.3, 0.4) is 0 Å². The largest absolute Gasteiger partial charge is 1.00 e. The summed E-state index contributed by atoms with van der Waals surface area (Å²) >= 11 is 0. The van der Waals surface area contributed by atoms with Crippen LogP contribution in [0.25, 0.3) is 0 Å². The Labute approximate surface area is 79.6 Å². The van der Waals surface area contributed by atoms with E-state index < -0.39 is 0 Å². The van der Waals surface area contributed by atoms with Crippen LogP contribution in [0, 0.1) is 0 Å². The van der Waals surface area contributed by atoms with Gasteiger partial charge in [-0.1, -0.05) is 0 Å². The van der Waals surface area contributed by atoms with Crippen molar-refractivity contribution in [3.8, 4) is 0 Å². The first-order valence-electron chi connectivity index (χ1n) is 4.11. The number of aryl methyl sites for hydroxylation is 1. The fourth-order valence-electron chi connectivity index (χ4n) is 1.06. The molecule has 0 aromatic carbocycles. The van der Waals surface area contributed by atoms with Gasteiger partial charge in [0.25, 0.3) is 0 Å². The molecule has 0 unspecified atom stereocenters. The minimum Gasteiger partial charge on any atom is -1.00 e. The Morgan fingerprint density at radius 1 is 1.17 bits per heavy atom. The van der Waals surface area contributed by atoms with Crippen LogP contribution in [0.2, 0.25) is 0 Å². The van der Waals surface area contributed by atoms with E-state index in [1.54, 1.807) is 0 Å². The van der Waals surface area contributed by atoms with Crippen LogP contribution in [-0.4, -0.2) is 11.5 Å². The third kappa shape index (κ3) is 4.31. The monoisotopic (exact) mass is 186 g/mol. The van der Waals surface area contributed by atoms with Gasteiger partial charge in [0.15, 0.2) is 0 Å². The maximum atomic E-state index is 3.96. The molecule has 0 spiro atoms. The van der Waals surface area contributed by atoms with Crippen molar-refractivity contribution in [3.05, 3.63) is 30.1 Å². The minimum absolute atomic E-state index is 0. The number of hydrogen-bond donors (Lipinski definition) is 1. The molecule has 0 atom stereocenters. The summed E-state index contributed by atoms with van der Waals surface area (Å²) < 4.78 is 0. The highest BCUT2D eigenvalue weighted by molar-refractivity contribution is 5.09. The second kappa shape index (κ2) is 7.07. The molecule has 3 N–H and O–H groups in total. The molecule has 1 aromatic rings. The molecule has 12 heavy (non-hydrogen) atoms. The fourth-order valence-corrected chi connectivity index (χ4v) is 1.06. The van der Waals surface area contributed by atoms with Crippen LogP contribution in [0.5, 0.6) is 0 Å². The number of halogens is 1. The van der Waals surface area contributed by atoms with Crippen LogP contribution < -0.4 is 18.1 Å². The molecular weight excluding hydrogens is 172 g/mol. The zero-order chi connectivity index (χ0) is 7.94. The van der Waals surface area contributed by atoms with Gasteiger partial charge in [-0.3, -0.25) is 4.98 Å². The zero-order valence-electron chi connectivity index (χ0n) is 7.17. The lowest BCUT2D eigenvalue weighted by atomic mass is 10.1. The summed E-state index contributed by atoms with van der Waals surface area (Å²) in [5.74, 6) is 0. The van der Waals surface area contributed by atoms with E-state index >= 15 is 0 Å². The van der Waals surface area contributed by atoms with Gasteiger partial charge in [-0.2, -0.15) is 0 Å². The van der Waals surface area contributed by atoms with Gasteiger partial charge in [0.2, 0.25) is 0 Å². The highest BCUT2D eigenvalue weighted by Crippen LogP contribution is 2.01. The number of rotatable bonds is 4. The Kier molecular flexibility index (Phi) is 6.72. The van der Waals surface area contributed by atoms with Crippen LogP contribution in [0.4, 0.5) is 0 Å². The normalized spacial score (nSPS) is 9.08. The Morgan fingerprint density at radius 2 is 1.83 bits per heavy atom. The van der Waals surface area contributed by atoms with E-state index in [0.29, 0.717) is 0 Å². The van der Waals surface area contributed by atoms with Gasteiger partial charge in [-0.05, 0) is 37.0 Å². The SMILES string of the molecule is [Cl-].[NH3+]CCCCc1ccncc1. The first-order chi connectivity index (χ1) is 5.43. The molecule has 0 bridgehead atoms. The molecule has 3 heteroatoms. The van der Waals surface area contributed by atoms with Gasteiger partial charge in [-0.25, -0.2) is 0 Å². The van der Waals surface area contributed by atoms with Gasteiger partial charge >= 0.3 is 0 Å². The standard InChI is InChI=1S/C9H14N2.ClH/c10-6-2-1-3-9-4-7-11-8-5-9;/h4-5,7-8H,1-3,6,10H2;1H. The van der Waals surface area contributed by atoms with Crippen molar-refractivity contribution in [1.82, 2.24) is 4.98 Å². The molecule has 0 fully saturated rings. The second-order valence-electron chi connectivity index (χ2n) is 2.67. The molecule has 1 rings (SSSR count). The molecule has 0 aliphatic carbocycles. The third-order valence-corrected chi connectivity index (χ3v) is 1.71. The lowest BCUT2D eigenvalue weighted by molar-refractivity contribution is -0.368. The number of quaternary nitrogens is 1. The number of unbranched alkanes of at least 4 members (excludes halogenated alkanes) is 1. The van der Waals surface area contributed by atoms with Crippen LogP contribution in [0.1, 0.15) is 18.4 Å². The number of aromatic nitrogens is 1. The second-order valence-corrected chi connectivity index (χ2v) is 2.67. The molecule has 2 nitrogen and oxygen atoms in total. The van der Waals surface area contributed by atoms with Crippen LogP contribution in [-0.2, 0) is 6.42 Å². The molecule has 68 valence electrons. The van der Waals surface area contributed by atoms with Crippen molar-refractivity contribution < 1.29 is 18.1 Å². The average Bonchev–Trinajstić information content (AvgIpc) is 2.07. The number of pyridine rings is 1. The third-order valence-electron chi connectivity index (χ3n) is 1.71. The zero-order valence-corrected chi connectivity index (χ0v) is 7.93. The Bertz CT molecular complexity index is 189. The van der Waals surface area contributed by atoms with E-state index in [-0.39, 0.29) is 12.4 Å². The topological polar surface area (TPSA) is 40.5 Å². The Hall–Kier alpha value is -0.600. The highest BCUT2D eigenvalue weighted by atomic mass is 35.5. The van der Waals surface area contributed by atoms with Crippen molar-refractivity contribution in [1.29, 1.82) is 0 Å². The summed E-state index contributed by atoms with van der Waals surface area (Å²) in [4.78, 5) is 3.96. The highest BCUT2D eigenvalue weighted by Gasteiger charge is 1.90. The quantitative estimate of drug-likeness (QED) is 0.526. The lowest BCUT2D eigenvalue weighted by Gasteiger charge is -1.97. The lowest BCUT2D eigenvalue weighted by Crippen LogP contribution is -3.00. The minimum atomic E-state index is 0. The first kappa shape index (κ1) is 11.4. The van der Waals surface area contributed by atoms with E-state index in [1.807, 2.05) is 12.4 Å². The predicted octanol–water partition coefficient (Wildman–Crippen LogP) is -2.35. The van der Waals surface area contributed by atoms with Gasteiger partial charge in [0.05, 0.1) is 6.54 Å². The van der Waals surface area contributed by atoms with Gasteiger partial charge in [0, 0.05) is 12.4 Å². The number of hydrogen-bond acceptors (Lipinski definition) is 1. The summed E-state index contributed by atoms with van der Waals surface area (Å²) in [6, 6.07) is 4.15. The van der Waals surface area contributed by atoms with Crippen LogP contribution >= 0.6 is 0 Å². The smallest absolute Gasteiger partial charge is 0.0739 e. The van der Waals surface area contributed by atoms with E-state index in [4.69, 9.17) is 0 Å². The maximum Gasteiger partial charge on any atom is 0.0739 e. The van der Waals surface area contributed by atoms with Crippen molar-refractivity contribution in [2.75, 3.05) is 6.54 Å². The van der Waals surface area contributed by atoms with Gasteiger partial charge in [-0.15, -0.1) is 0 Å². The van der Waals surface area contributed by atoms with Crippen LogP contribution in [0.15, 0.2) is 24.5 Å². The summed E-state index contributed by atoms with van der Waals surface area (Å²) in [5, 5.41) is 0. The summed E-state index contributed by atoms with van der Waals surface area (Å²) in [6.07, 6.45) is 7.33. The summed E-state index contributed by atoms with van der Waals surface area (Å²) in [6.45, 7) is 1.05. The van der Waals surface area contributed by atoms with E-state index in [0.717, 1.165) is 13.0 Å². The molecule has 0 saturated heterocycles. The Balaban J connectivity index is 0.00000121. The van der Waals surface area contributed by atoms with Gasteiger partial charge in [0.1, 0.15) is 0 Å². The molecular formula is C9H15ClN2. The number of nitrogens with zero attached hydrogens (tertiary/aromatic N) is 1. The molecule has 1 heterocycles.